The van der Waals surface area contributed by atoms with Gasteiger partial charge in [-0.25, -0.2) is 0 Å². The Morgan fingerprint density at radius 1 is 1.24 bits per heavy atom. The maximum absolute atomic E-state index is 8.83. The standard InChI is InChI=1S/C14H16N6O/c1-4-21-14-18-12(16-2)17-13(19-14)20(3)11-7-5-10(9-15)6-8-11/h5-8H,4H2,1-3H3,(H,16,17,18,19). The number of anilines is 3. The molecule has 21 heavy (non-hydrogen) atoms. The first kappa shape index (κ1) is 14.5. The van der Waals surface area contributed by atoms with E-state index in [-0.39, 0.29) is 6.01 Å². The lowest BCUT2D eigenvalue weighted by atomic mass is 10.2. The molecule has 0 radical (unpaired) electrons. The summed E-state index contributed by atoms with van der Waals surface area (Å²) >= 11 is 0. The fraction of sp³-hybridized carbons (Fsp3) is 0.286. The van der Waals surface area contributed by atoms with Gasteiger partial charge in [-0.2, -0.15) is 20.2 Å². The fourth-order valence-corrected chi connectivity index (χ4v) is 1.68. The van der Waals surface area contributed by atoms with E-state index in [1.807, 2.05) is 26.1 Å². The smallest absolute Gasteiger partial charge is 0.323 e. The second-order valence-corrected chi connectivity index (χ2v) is 4.14. The molecular formula is C14H16N6O. The van der Waals surface area contributed by atoms with Crippen molar-refractivity contribution in [1.82, 2.24) is 15.0 Å². The molecule has 0 spiro atoms. The second-order valence-electron chi connectivity index (χ2n) is 4.14. The van der Waals surface area contributed by atoms with Gasteiger partial charge in [-0.05, 0) is 31.2 Å². The van der Waals surface area contributed by atoms with E-state index in [4.69, 9.17) is 10.00 Å². The van der Waals surface area contributed by atoms with Crippen molar-refractivity contribution in [3.63, 3.8) is 0 Å². The van der Waals surface area contributed by atoms with E-state index < -0.39 is 0 Å². The summed E-state index contributed by atoms with van der Waals surface area (Å²) in [5.41, 5.74) is 1.47. The van der Waals surface area contributed by atoms with E-state index >= 15 is 0 Å². The van der Waals surface area contributed by atoms with Gasteiger partial charge in [0.05, 0.1) is 18.2 Å². The highest BCUT2D eigenvalue weighted by Crippen LogP contribution is 2.22. The van der Waals surface area contributed by atoms with Crippen molar-refractivity contribution >= 4 is 17.6 Å². The second kappa shape index (κ2) is 6.52. The number of rotatable bonds is 5. The maximum Gasteiger partial charge on any atom is 0.323 e. The first-order valence-electron chi connectivity index (χ1n) is 6.48. The zero-order chi connectivity index (χ0) is 15.2. The summed E-state index contributed by atoms with van der Waals surface area (Å²) in [7, 11) is 3.57. The lowest BCUT2D eigenvalue weighted by Crippen LogP contribution is -2.15. The highest BCUT2D eigenvalue weighted by atomic mass is 16.5. The molecule has 0 aliphatic carbocycles. The van der Waals surface area contributed by atoms with Gasteiger partial charge in [0, 0.05) is 19.8 Å². The van der Waals surface area contributed by atoms with Crippen LogP contribution in [0, 0.1) is 11.3 Å². The SMILES string of the molecule is CCOc1nc(NC)nc(N(C)c2ccc(C#N)cc2)n1. The van der Waals surface area contributed by atoms with E-state index in [0.717, 1.165) is 5.69 Å². The van der Waals surface area contributed by atoms with Gasteiger partial charge in [-0.15, -0.1) is 0 Å². The molecule has 2 aromatic rings. The number of ether oxygens (including phenoxy) is 1. The molecule has 1 aromatic heterocycles. The van der Waals surface area contributed by atoms with Crippen LogP contribution in [0.3, 0.4) is 0 Å². The molecule has 0 aliphatic heterocycles. The highest BCUT2D eigenvalue weighted by molar-refractivity contribution is 5.58. The van der Waals surface area contributed by atoms with Gasteiger partial charge in [-0.3, -0.25) is 0 Å². The van der Waals surface area contributed by atoms with Crippen molar-refractivity contribution in [2.24, 2.45) is 0 Å². The predicted octanol–water partition coefficient (Wildman–Crippen LogP) is 1.95. The van der Waals surface area contributed by atoms with Crippen LogP contribution in [-0.4, -0.2) is 35.7 Å². The Balaban J connectivity index is 2.34. The van der Waals surface area contributed by atoms with Crippen molar-refractivity contribution in [3.8, 4) is 12.1 Å². The van der Waals surface area contributed by atoms with Crippen molar-refractivity contribution in [3.05, 3.63) is 29.8 Å². The highest BCUT2D eigenvalue weighted by Gasteiger charge is 2.12. The summed E-state index contributed by atoms with van der Waals surface area (Å²) in [4.78, 5) is 14.5. The molecule has 0 aliphatic rings. The minimum Gasteiger partial charge on any atom is -0.464 e. The van der Waals surface area contributed by atoms with Gasteiger partial charge in [0.2, 0.25) is 11.9 Å². The molecule has 0 fully saturated rings. The number of hydrogen-bond acceptors (Lipinski definition) is 7. The molecule has 0 atom stereocenters. The minimum atomic E-state index is 0.271. The molecule has 0 unspecified atom stereocenters. The molecule has 0 amide bonds. The Morgan fingerprint density at radius 2 is 1.95 bits per heavy atom. The van der Waals surface area contributed by atoms with E-state index in [1.54, 1.807) is 24.1 Å². The van der Waals surface area contributed by atoms with Crippen LogP contribution >= 0.6 is 0 Å². The van der Waals surface area contributed by atoms with E-state index in [1.165, 1.54) is 0 Å². The summed E-state index contributed by atoms with van der Waals surface area (Å²) < 4.78 is 5.34. The van der Waals surface area contributed by atoms with Gasteiger partial charge < -0.3 is 15.0 Å². The van der Waals surface area contributed by atoms with E-state index in [9.17, 15) is 0 Å². The predicted molar refractivity (Wildman–Crippen MR) is 79.8 cm³/mol. The molecular weight excluding hydrogens is 268 g/mol. The summed E-state index contributed by atoms with van der Waals surface area (Å²) in [5.74, 6) is 0.895. The van der Waals surface area contributed by atoms with Crippen LogP contribution in [0.25, 0.3) is 0 Å². The van der Waals surface area contributed by atoms with Crippen LogP contribution in [-0.2, 0) is 0 Å². The molecule has 1 N–H and O–H groups in total. The molecule has 0 bridgehead atoms. The summed E-state index contributed by atoms with van der Waals surface area (Å²) in [6, 6.07) is 9.52. The van der Waals surface area contributed by atoms with E-state index in [0.29, 0.717) is 24.1 Å². The Kier molecular flexibility index (Phi) is 4.51. The normalized spacial score (nSPS) is 9.81. The molecule has 1 aromatic carbocycles. The zero-order valence-corrected chi connectivity index (χ0v) is 12.2. The summed E-state index contributed by atoms with van der Waals surface area (Å²) in [5, 5.41) is 11.7. The average Bonchev–Trinajstić information content (AvgIpc) is 2.54. The molecule has 7 heteroatoms. The van der Waals surface area contributed by atoms with Gasteiger partial charge in [-0.1, -0.05) is 0 Å². The van der Waals surface area contributed by atoms with Gasteiger partial charge in [0.15, 0.2) is 0 Å². The Labute approximate surface area is 123 Å². The largest absolute Gasteiger partial charge is 0.464 e. The quantitative estimate of drug-likeness (QED) is 0.897. The molecule has 2 rings (SSSR count). The maximum atomic E-state index is 8.83. The summed E-state index contributed by atoms with van der Waals surface area (Å²) in [6.07, 6.45) is 0. The number of nitriles is 1. The van der Waals surface area contributed by atoms with Crippen molar-refractivity contribution < 1.29 is 4.74 Å². The minimum absolute atomic E-state index is 0.271. The fourth-order valence-electron chi connectivity index (χ4n) is 1.68. The van der Waals surface area contributed by atoms with Crippen LogP contribution in [0.1, 0.15) is 12.5 Å². The van der Waals surface area contributed by atoms with Gasteiger partial charge >= 0.3 is 6.01 Å². The van der Waals surface area contributed by atoms with Crippen molar-refractivity contribution in [1.29, 1.82) is 5.26 Å². The van der Waals surface area contributed by atoms with Gasteiger partial charge in [0.25, 0.3) is 0 Å². The van der Waals surface area contributed by atoms with Crippen LogP contribution in [0.2, 0.25) is 0 Å². The Morgan fingerprint density at radius 3 is 2.52 bits per heavy atom. The number of aromatic nitrogens is 3. The number of nitrogens with one attached hydrogen (secondary N) is 1. The lowest BCUT2D eigenvalue weighted by Gasteiger charge is -2.18. The molecule has 0 saturated carbocycles. The van der Waals surface area contributed by atoms with Gasteiger partial charge in [0.1, 0.15) is 0 Å². The third kappa shape index (κ3) is 3.36. The number of hydrogen-bond donors (Lipinski definition) is 1. The topological polar surface area (TPSA) is 87.0 Å². The molecule has 1 heterocycles. The Hall–Kier alpha value is -2.88. The first-order chi connectivity index (χ1) is 10.2. The monoisotopic (exact) mass is 284 g/mol. The Bertz CT molecular complexity index is 650. The van der Waals surface area contributed by atoms with Crippen LogP contribution in [0.15, 0.2) is 24.3 Å². The summed E-state index contributed by atoms with van der Waals surface area (Å²) in [6.45, 7) is 2.35. The van der Waals surface area contributed by atoms with E-state index in [2.05, 4.69) is 26.3 Å². The van der Waals surface area contributed by atoms with Crippen LogP contribution in [0.5, 0.6) is 6.01 Å². The van der Waals surface area contributed by atoms with Crippen molar-refractivity contribution in [2.75, 3.05) is 30.9 Å². The third-order valence-electron chi connectivity index (χ3n) is 2.78. The van der Waals surface area contributed by atoms with Crippen LogP contribution < -0.4 is 15.0 Å². The van der Waals surface area contributed by atoms with Crippen LogP contribution in [0.4, 0.5) is 17.6 Å². The molecule has 7 nitrogen and oxygen atoms in total. The third-order valence-corrected chi connectivity index (χ3v) is 2.78. The molecule has 0 saturated heterocycles. The van der Waals surface area contributed by atoms with Crippen molar-refractivity contribution in [2.45, 2.75) is 6.92 Å². The number of nitrogens with zero attached hydrogens (tertiary/aromatic N) is 5. The molecule has 108 valence electrons. The zero-order valence-electron chi connectivity index (χ0n) is 12.2. The average molecular weight is 284 g/mol. The number of benzene rings is 1. The first-order valence-corrected chi connectivity index (χ1v) is 6.48. The lowest BCUT2D eigenvalue weighted by molar-refractivity contribution is 0.312.